The number of carbonyl (C=O) groups excluding carboxylic acids is 2. The molecule has 0 atom stereocenters. The van der Waals surface area contributed by atoms with Crippen molar-refractivity contribution in [3.05, 3.63) is 29.8 Å². The molecule has 0 amide bonds. The SMILES string of the molecule is CC(F)(F)C(=O)OCOC(=O)Oc1ccc(C(F)(F)F)cc1. The Morgan fingerprint density at radius 3 is 2.00 bits per heavy atom. The Morgan fingerprint density at radius 2 is 1.55 bits per heavy atom. The van der Waals surface area contributed by atoms with Gasteiger partial charge in [-0.3, -0.25) is 0 Å². The van der Waals surface area contributed by atoms with Crippen LogP contribution < -0.4 is 4.74 Å². The lowest BCUT2D eigenvalue weighted by Crippen LogP contribution is -2.28. The van der Waals surface area contributed by atoms with E-state index in [0.717, 1.165) is 12.1 Å². The maximum atomic E-state index is 12.4. The highest BCUT2D eigenvalue weighted by Gasteiger charge is 2.34. The summed E-state index contributed by atoms with van der Waals surface area (Å²) in [6.07, 6.45) is -5.98. The second-order valence-electron chi connectivity index (χ2n) is 3.96. The van der Waals surface area contributed by atoms with Gasteiger partial charge < -0.3 is 14.2 Å². The summed E-state index contributed by atoms with van der Waals surface area (Å²) in [6, 6.07) is 3.05. The molecule has 0 fully saturated rings. The Labute approximate surface area is 120 Å². The van der Waals surface area contributed by atoms with Gasteiger partial charge in [0.2, 0.25) is 6.79 Å². The number of rotatable bonds is 4. The molecule has 0 aliphatic carbocycles. The van der Waals surface area contributed by atoms with E-state index in [4.69, 9.17) is 0 Å². The summed E-state index contributed by atoms with van der Waals surface area (Å²) in [5.41, 5.74) is -0.952. The van der Waals surface area contributed by atoms with Gasteiger partial charge in [0.15, 0.2) is 0 Å². The van der Waals surface area contributed by atoms with Gasteiger partial charge in [0.25, 0.3) is 0 Å². The first-order chi connectivity index (χ1) is 10.00. The van der Waals surface area contributed by atoms with Crippen LogP contribution in [0.2, 0.25) is 0 Å². The van der Waals surface area contributed by atoms with Crippen molar-refractivity contribution in [1.29, 1.82) is 0 Å². The zero-order valence-electron chi connectivity index (χ0n) is 10.9. The quantitative estimate of drug-likeness (QED) is 0.367. The highest BCUT2D eigenvalue weighted by atomic mass is 19.4. The Bertz CT molecular complexity index is 532. The van der Waals surface area contributed by atoms with E-state index in [-0.39, 0.29) is 12.7 Å². The minimum absolute atomic E-state index is 0.273. The lowest BCUT2D eigenvalue weighted by molar-refractivity contribution is -0.178. The van der Waals surface area contributed by atoms with Crippen LogP contribution in [0.3, 0.4) is 0 Å². The number of alkyl halides is 5. The fourth-order valence-electron chi connectivity index (χ4n) is 1.10. The van der Waals surface area contributed by atoms with Crippen LogP contribution in [-0.4, -0.2) is 24.8 Å². The van der Waals surface area contributed by atoms with E-state index in [1.807, 2.05) is 0 Å². The number of carbonyl (C=O) groups is 2. The standard InChI is InChI=1S/C12H9F5O5/c1-11(13,14)9(18)20-6-21-10(19)22-8-4-2-7(3-5-8)12(15,16)17/h2-5H,6H2,1H3. The molecule has 1 aromatic rings. The van der Waals surface area contributed by atoms with Gasteiger partial charge in [-0.2, -0.15) is 22.0 Å². The molecule has 1 aromatic carbocycles. The number of hydrogen-bond donors (Lipinski definition) is 0. The predicted molar refractivity (Wildman–Crippen MR) is 60.1 cm³/mol. The average Bonchev–Trinajstić information content (AvgIpc) is 2.37. The predicted octanol–water partition coefficient (Wildman–Crippen LogP) is 3.38. The van der Waals surface area contributed by atoms with Crippen LogP contribution in [0.5, 0.6) is 5.75 Å². The smallest absolute Gasteiger partial charge is 0.423 e. The number of benzene rings is 1. The molecule has 0 spiro atoms. The molecule has 0 aromatic heterocycles. The first kappa shape index (κ1) is 17.7. The summed E-state index contributed by atoms with van der Waals surface area (Å²) in [5, 5.41) is 0. The highest BCUT2D eigenvalue weighted by molar-refractivity contribution is 5.77. The molecule has 0 aliphatic heterocycles. The van der Waals surface area contributed by atoms with E-state index in [1.165, 1.54) is 0 Å². The second kappa shape index (κ2) is 6.58. The third-order valence-corrected chi connectivity index (χ3v) is 2.11. The fraction of sp³-hybridized carbons (Fsp3) is 0.333. The summed E-state index contributed by atoms with van der Waals surface area (Å²) in [7, 11) is 0. The average molecular weight is 328 g/mol. The minimum atomic E-state index is -4.54. The fourth-order valence-corrected chi connectivity index (χ4v) is 1.10. The monoisotopic (exact) mass is 328 g/mol. The third-order valence-electron chi connectivity index (χ3n) is 2.11. The molecule has 122 valence electrons. The normalized spacial score (nSPS) is 11.7. The molecule has 22 heavy (non-hydrogen) atoms. The van der Waals surface area contributed by atoms with Crippen LogP contribution in [0.4, 0.5) is 26.7 Å². The molecule has 0 heterocycles. The van der Waals surface area contributed by atoms with Crippen molar-refractivity contribution in [2.45, 2.75) is 19.0 Å². The Morgan fingerprint density at radius 1 is 1.00 bits per heavy atom. The second-order valence-corrected chi connectivity index (χ2v) is 3.96. The maximum Gasteiger partial charge on any atom is 0.516 e. The summed E-state index contributed by atoms with van der Waals surface area (Å²) < 4.78 is 74.1. The Balaban J connectivity index is 2.44. The first-order valence-electron chi connectivity index (χ1n) is 5.57. The molecule has 0 N–H and O–H groups in total. The topological polar surface area (TPSA) is 61.8 Å². The molecule has 0 aliphatic rings. The van der Waals surface area contributed by atoms with Crippen LogP contribution in [-0.2, 0) is 20.4 Å². The molecular weight excluding hydrogens is 319 g/mol. The van der Waals surface area contributed by atoms with Crippen molar-refractivity contribution >= 4 is 12.1 Å². The van der Waals surface area contributed by atoms with Crippen molar-refractivity contribution in [3.63, 3.8) is 0 Å². The van der Waals surface area contributed by atoms with E-state index in [2.05, 4.69) is 14.2 Å². The summed E-state index contributed by atoms with van der Waals surface area (Å²) in [4.78, 5) is 21.7. The lowest BCUT2D eigenvalue weighted by atomic mass is 10.2. The van der Waals surface area contributed by atoms with Crippen molar-refractivity contribution in [3.8, 4) is 5.75 Å². The third kappa shape index (κ3) is 5.54. The van der Waals surface area contributed by atoms with Crippen molar-refractivity contribution in [2.24, 2.45) is 0 Å². The number of ether oxygens (including phenoxy) is 3. The number of hydrogen-bond acceptors (Lipinski definition) is 5. The Hall–Kier alpha value is -2.39. The molecule has 0 unspecified atom stereocenters. The highest BCUT2D eigenvalue weighted by Crippen LogP contribution is 2.30. The molecule has 5 nitrogen and oxygen atoms in total. The summed E-state index contributed by atoms with van der Waals surface area (Å²) in [6.45, 7) is -0.836. The van der Waals surface area contributed by atoms with Crippen molar-refractivity contribution in [2.75, 3.05) is 6.79 Å². The van der Waals surface area contributed by atoms with Crippen LogP contribution in [0.1, 0.15) is 12.5 Å². The van der Waals surface area contributed by atoms with Crippen LogP contribution in [0, 0.1) is 0 Å². The van der Waals surface area contributed by atoms with E-state index in [0.29, 0.717) is 12.1 Å². The van der Waals surface area contributed by atoms with Crippen LogP contribution in [0.15, 0.2) is 24.3 Å². The van der Waals surface area contributed by atoms with Gasteiger partial charge >= 0.3 is 24.2 Å². The van der Waals surface area contributed by atoms with Gasteiger partial charge in [0, 0.05) is 6.92 Å². The molecule has 0 bridgehead atoms. The van der Waals surface area contributed by atoms with Gasteiger partial charge in [-0.15, -0.1) is 0 Å². The van der Waals surface area contributed by atoms with E-state index < -0.39 is 36.6 Å². The van der Waals surface area contributed by atoms with Gasteiger partial charge in [-0.05, 0) is 24.3 Å². The van der Waals surface area contributed by atoms with Gasteiger partial charge in [-0.25, -0.2) is 9.59 Å². The number of esters is 1. The Kier molecular flexibility index (Phi) is 5.28. The van der Waals surface area contributed by atoms with Gasteiger partial charge in [0.1, 0.15) is 5.75 Å². The molecule has 10 heteroatoms. The molecule has 0 radical (unpaired) electrons. The van der Waals surface area contributed by atoms with Gasteiger partial charge in [0.05, 0.1) is 5.56 Å². The van der Waals surface area contributed by atoms with Crippen LogP contribution in [0.25, 0.3) is 0 Å². The maximum absolute atomic E-state index is 12.4. The lowest BCUT2D eigenvalue weighted by Gasteiger charge is -2.10. The largest absolute Gasteiger partial charge is 0.516 e. The molecule has 0 saturated carbocycles. The minimum Gasteiger partial charge on any atom is -0.423 e. The van der Waals surface area contributed by atoms with Crippen LogP contribution >= 0.6 is 0 Å². The zero-order chi connectivity index (χ0) is 17.0. The number of halogens is 5. The zero-order valence-corrected chi connectivity index (χ0v) is 10.9. The van der Waals surface area contributed by atoms with E-state index in [9.17, 15) is 31.5 Å². The summed E-state index contributed by atoms with van der Waals surface area (Å²) in [5.74, 6) is -5.93. The first-order valence-corrected chi connectivity index (χ1v) is 5.57. The molecular formula is C12H9F5O5. The molecule has 1 rings (SSSR count). The summed E-state index contributed by atoms with van der Waals surface area (Å²) >= 11 is 0. The van der Waals surface area contributed by atoms with E-state index >= 15 is 0 Å². The van der Waals surface area contributed by atoms with Crippen molar-refractivity contribution in [1.82, 2.24) is 0 Å². The van der Waals surface area contributed by atoms with Gasteiger partial charge in [-0.1, -0.05) is 0 Å². The van der Waals surface area contributed by atoms with Crippen molar-refractivity contribution < 1.29 is 45.8 Å². The van der Waals surface area contributed by atoms with E-state index in [1.54, 1.807) is 0 Å². The molecule has 0 saturated heterocycles.